The minimum absolute atomic E-state index is 0.0480. The molecule has 6 heteroatoms. The van der Waals surface area contributed by atoms with Crippen LogP contribution >= 0.6 is 10.7 Å². The third-order valence-electron chi connectivity index (χ3n) is 3.99. The van der Waals surface area contributed by atoms with Crippen LogP contribution in [-0.4, -0.2) is 19.9 Å². The molecule has 0 saturated heterocycles. The van der Waals surface area contributed by atoms with E-state index in [4.69, 9.17) is 10.7 Å². The fourth-order valence-electron chi connectivity index (χ4n) is 2.76. The zero-order chi connectivity index (χ0) is 15.5. The number of hydrogen-bond acceptors (Lipinski definition) is 3. The quantitative estimate of drug-likeness (QED) is 0.845. The predicted molar refractivity (Wildman–Crippen MR) is 82.8 cm³/mol. The first-order valence-corrected chi connectivity index (χ1v) is 9.44. The fourth-order valence-corrected chi connectivity index (χ4v) is 3.53. The molecule has 116 valence electrons. The van der Waals surface area contributed by atoms with Gasteiger partial charge in [-0.15, -0.1) is 0 Å². The molecule has 1 N–H and O–H groups in total. The Morgan fingerprint density at radius 3 is 2.33 bits per heavy atom. The molecule has 1 amide bonds. The Bertz CT molecular complexity index is 604. The van der Waals surface area contributed by atoms with Crippen LogP contribution in [0.4, 0.5) is 0 Å². The lowest BCUT2D eigenvalue weighted by atomic mass is 10.00. The number of carbonyl (C=O) groups excluding carboxylic acids is 1. The number of benzene rings is 1. The van der Waals surface area contributed by atoms with Crippen molar-refractivity contribution < 1.29 is 13.2 Å². The summed E-state index contributed by atoms with van der Waals surface area (Å²) in [5.41, 5.74) is 0.874. The molecule has 0 radical (unpaired) electrons. The Hall–Kier alpha value is -1.07. The summed E-state index contributed by atoms with van der Waals surface area (Å²) in [7, 11) is 1.58. The van der Waals surface area contributed by atoms with E-state index in [1.165, 1.54) is 25.0 Å². The SMILES string of the molecule is CC1(NC(=O)CCc2ccc(S(=O)(=O)Cl)cc2)CCCC1. The maximum atomic E-state index is 12.0. The van der Waals surface area contributed by atoms with Gasteiger partial charge < -0.3 is 5.32 Å². The van der Waals surface area contributed by atoms with Gasteiger partial charge in [0.25, 0.3) is 9.05 Å². The van der Waals surface area contributed by atoms with Crippen LogP contribution in [0.2, 0.25) is 0 Å². The van der Waals surface area contributed by atoms with E-state index in [-0.39, 0.29) is 16.3 Å². The van der Waals surface area contributed by atoms with Gasteiger partial charge in [0, 0.05) is 22.6 Å². The fraction of sp³-hybridized carbons (Fsp3) is 0.533. The van der Waals surface area contributed by atoms with Crippen LogP contribution in [0.1, 0.15) is 44.6 Å². The van der Waals surface area contributed by atoms with E-state index >= 15 is 0 Å². The molecule has 1 aromatic carbocycles. The summed E-state index contributed by atoms with van der Waals surface area (Å²) < 4.78 is 22.3. The van der Waals surface area contributed by atoms with E-state index in [9.17, 15) is 13.2 Å². The zero-order valence-electron chi connectivity index (χ0n) is 12.1. The highest BCUT2D eigenvalue weighted by Gasteiger charge is 2.29. The van der Waals surface area contributed by atoms with Crippen LogP contribution in [0.25, 0.3) is 0 Å². The van der Waals surface area contributed by atoms with Gasteiger partial charge >= 0.3 is 0 Å². The molecule has 0 heterocycles. The lowest BCUT2D eigenvalue weighted by molar-refractivity contribution is -0.122. The number of amides is 1. The van der Waals surface area contributed by atoms with Gasteiger partial charge in [-0.2, -0.15) is 0 Å². The molecule has 0 aromatic heterocycles. The number of rotatable bonds is 5. The summed E-state index contributed by atoms with van der Waals surface area (Å²) in [5.74, 6) is 0.0495. The predicted octanol–water partition coefficient (Wildman–Crippen LogP) is 3.00. The maximum absolute atomic E-state index is 12.0. The normalized spacial score (nSPS) is 17.6. The number of carbonyl (C=O) groups is 1. The van der Waals surface area contributed by atoms with Crippen molar-refractivity contribution >= 4 is 25.6 Å². The summed E-state index contributed by atoms with van der Waals surface area (Å²) in [6, 6.07) is 6.32. The molecule has 1 aromatic rings. The highest BCUT2D eigenvalue weighted by atomic mass is 35.7. The second-order valence-electron chi connectivity index (χ2n) is 5.90. The number of hydrogen-bond donors (Lipinski definition) is 1. The van der Waals surface area contributed by atoms with Crippen molar-refractivity contribution in [1.29, 1.82) is 0 Å². The topological polar surface area (TPSA) is 63.2 Å². The summed E-state index contributed by atoms with van der Waals surface area (Å²) in [4.78, 5) is 12.1. The van der Waals surface area contributed by atoms with Crippen LogP contribution in [0.3, 0.4) is 0 Å². The molecule has 0 atom stereocenters. The number of aryl methyl sites for hydroxylation is 1. The Labute approximate surface area is 130 Å². The first-order chi connectivity index (χ1) is 9.78. The van der Waals surface area contributed by atoms with E-state index in [2.05, 4.69) is 12.2 Å². The van der Waals surface area contributed by atoms with Crippen molar-refractivity contribution in [3.8, 4) is 0 Å². The van der Waals surface area contributed by atoms with E-state index in [0.717, 1.165) is 18.4 Å². The molecule has 0 bridgehead atoms. The van der Waals surface area contributed by atoms with Crippen molar-refractivity contribution in [3.05, 3.63) is 29.8 Å². The van der Waals surface area contributed by atoms with Gasteiger partial charge in [-0.05, 0) is 43.9 Å². The molecule has 0 unspecified atom stereocenters. The van der Waals surface area contributed by atoms with Gasteiger partial charge in [-0.1, -0.05) is 25.0 Å². The van der Waals surface area contributed by atoms with Crippen molar-refractivity contribution in [2.24, 2.45) is 0 Å². The average Bonchev–Trinajstić information content (AvgIpc) is 2.82. The van der Waals surface area contributed by atoms with Crippen molar-refractivity contribution in [1.82, 2.24) is 5.32 Å². The zero-order valence-corrected chi connectivity index (χ0v) is 13.6. The van der Waals surface area contributed by atoms with E-state index < -0.39 is 9.05 Å². The summed E-state index contributed by atoms with van der Waals surface area (Å²) >= 11 is 0. The molecule has 0 spiro atoms. The molecule has 0 aliphatic heterocycles. The van der Waals surface area contributed by atoms with E-state index in [1.54, 1.807) is 12.1 Å². The maximum Gasteiger partial charge on any atom is 0.261 e. The highest BCUT2D eigenvalue weighted by Crippen LogP contribution is 2.28. The molecule has 1 fully saturated rings. The minimum atomic E-state index is -3.68. The van der Waals surface area contributed by atoms with E-state index in [0.29, 0.717) is 12.8 Å². The Morgan fingerprint density at radius 1 is 1.24 bits per heavy atom. The Kier molecular flexibility index (Phi) is 4.94. The molecule has 4 nitrogen and oxygen atoms in total. The van der Waals surface area contributed by atoms with E-state index in [1.807, 2.05) is 0 Å². The molecule has 1 saturated carbocycles. The summed E-state index contributed by atoms with van der Waals surface area (Å²) in [5, 5.41) is 3.11. The van der Waals surface area contributed by atoms with Gasteiger partial charge in [0.05, 0.1) is 4.90 Å². The average molecular weight is 330 g/mol. The Balaban J connectivity index is 1.86. The lowest BCUT2D eigenvalue weighted by Gasteiger charge is -2.25. The van der Waals surface area contributed by atoms with Crippen LogP contribution < -0.4 is 5.32 Å². The van der Waals surface area contributed by atoms with Gasteiger partial charge in [0.1, 0.15) is 0 Å². The second-order valence-corrected chi connectivity index (χ2v) is 8.46. The molecular weight excluding hydrogens is 310 g/mol. The van der Waals surface area contributed by atoms with Gasteiger partial charge in [-0.3, -0.25) is 4.79 Å². The first kappa shape index (κ1) is 16.3. The third-order valence-corrected chi connectivity index (χ3v) is 5.36. The smallest absolute Gasteiger partial charge is 0.261 e. The number of halogens is 1. The lowest BCUT2D eigenvalue weighted by Crippen LogP contribution is -2.43. The van der Waals surface area contributed by atoms with Crippen molar-refractivity contribution in [3.63, 3.8) is 0 Å². The molecule has 1 aliphatic carbocycles. The van der Waals surface area contributed by atoms with Gasteiger partial charge in [0.2, 0.25) is 5.91 Å². The molecular formula is C15H20ClNO3S. The van der Waals surface area contributed by atoms with Crippen LogP contribution in [0.15, 0.2) is 29.2 Å². The molecule has 2 rings (SSSR count). The summed E-state index contributed by atoms with van der Waals surface area (Å²) in [6.07, 6.45) is 5.42. The number of nitrogens with one attached hydrogen (secondary N) is 1. The highest BCUT2D eigenvalue weighted by molar-refractivity contribution is 8.13. The largest absolute Gasteiger partial charge is 0.351 e. The Morgan fingerprint density at radius 2 is 1.81 bits per heavy atom. The summed E-state index contributed by atoms with van der Waals surface area (Å²) in [6.45, 7) is 2.10. The molecule has 21 heavy (non-hydrogen) atoms. The molecule has 1 aliphatic rings. The van der Waals surface area contributed by atoms with Gasteiger partial charge in [0.15, 0.2) is 0 Å². The van der Waals surface area contributed by atoms with Gasteiger partial charge in [-0.25, -0.2) is 8.42 Å². The third kappa shape index (κ3) is 4.71. The van der Waals surface area contributed by atoms with Crippen molar-refractivity contribution in [2.45, 2.75) is 55.9 Å². The minimum Gasteiger partial charge on any atom is -0.351 e. The monoisotopic (exact) mass is 329 g/mol. The van der Waals surface area contributed by atoms with Crippen LogP contribution in [0, 0.1) is 0 Å². The van der Waals surface area contributed by atoms with Crippen molar-refractivity contribution in [2.75, 3.05) is 0 Å². The van der Waals surface area contributed by atoms with Crippen LogP contribution in [0.5, 0.6) is 0 Å². The second kappa shape index (κ2) is 6.36. The first-order valence-electron chi connectivity index (χ1n) is 7.13. The van der Waals surface area contributed by atoms with Crippen LogP contribution in [-0.2, 0) is 20.3 Å². The standard InChI is InChI=1S/C15H20ClNO3S/c1-15(10-2-3-11-15)17-14(18)9-6-12-4-7-13(8-5-12)21(16,19)20/h4-5,7-8H,2-3,6,9-11H2,1H3,(H,17,18).